The third kappa shape index (κ3) is 2.86. The lowest BCUT2D eigenvalue weighted by Gasteiger charge is -2.18. The molecule has 0 aromatic heterocycles. The first-order chi connectivity index (χ1) is 16.9. The molecule has 0 saturated carbocycles. The van der Waals surface area contributed by atoms with E-state index in [1.165, 1.54) is 65.3 Å². The minimum atomic E-state index is 1.25. The first kappa shape index (κ1) is 19.1. The summed E-state index contributed by atoms with van der Waals surface area (Å²) in [7, 11) is 0. The van der Waals surface area contributed by atoms with Crippen LogP contribution >= 0.6 is 0 Å². The van der Waals surface area contributed by atoms with Crippen LogP contribution in [-0.2, 0) is 0 Å². The van der Waals surface area contributed by atoms with Gasteiger partial charge in [-0.3, -0.25) is 0 Å². The fourth-order valence-electron chi connectivity index (χ4n) is 5.51. The standard InChI is InChI=1S/C34H22/c1-2-11-24(12-3-1)34-31-19-18-23-10-4-6-14-26(23)30(31)20-21-32(34)33-22-25-13-5-7-15-27(25)28-16-8-9-17-29(28)33/h1-22H. The monoisotopic (exact) mass is 430 g/mol. The molecule has 158 valence electrons. The molecule has 0 aliphatic rings. The summed E-state index contributed by atoms with van der Waals surface area (Å²) in [5, 5.41) is 10.3. The van der Waals surface area contributed by atoms with Crippen LogP contribution in [0, 0.1) is 0 Å². The summed E-state index contributed by atoms with van der Waals surface area (Å²) in [6.45, 7) is 0. The van der Waals surface area contributed by atoms with Gasteiger partial charge in [-0.25, -0.2) is 0 Å². The van der Waals surface area contributed by atoms with E-state index >= 15 is 0 Å². The van der Waals surface area contributed by atoms with E-state index in [-0.39, 0.29) is 0 Å². The molecule has 0 bridgehead atoms. The van der Waals surface area contributed by atoms with Crippen LogP contribution in [0.2, 0.25) is 0 Å². The third-order valence-electron chi connectivity index (χ3n) is 7.05. The molecule has 0 unspecified atom stereocenters. The Bertz CT molecular complexity index is 1840. The van der Waals surface area contributed by atoms with Gasteiger partial charge >= 0.3 is 0 Å². The van der Waals surface area contributed by atoms with E-state index in [0.29, 0.717) is 0 Å². The van der Waals surface area contributed by atoms with Gasteiger partial charge in [0, 0.05) is 0 Å². The van der Waals surface area contributed by atoms with Crippen molar-refractivity contribution in [2.24, 2.45) is 0 Å². The Morgan fingerprint density at radius 1 is 0.294 bits per heavy atom. The van der Waals surface area contributed by atoms with E-state index in [1.807, 2.05) is 0 Å². The zero-order chi connectivity index (χ0) is 22.5. The van der Waals surface area contributed by atoms with E-state index in [4.69, 9.17) is 0 Å². The van der Waals surface area contributed by atoms with Crippen LogP contribution in [0.1, 0.15) is 0 Å². The Labute approximate surface area is 198 Å². The van der Waals surface area contributed by atoms with Gasteiger partial charge in [-0.2, -0.15) is 0 Å². The van der Waals surface area contributed by atoms with Gasteiger partial charge in [-0.05, 0) is 71.4 Å². The molecule has 0 spiro atoms. The lowest BCUT2D eigenvalue weighted by molar-refractivity contribution is 1.64. The molecule has 0 N–H and O–H groups in total. The summed E-state index contributed by atoms with van der Waals surface area (Å²) >= 11 is 0. The molecule has 0 heterocycles. The molecule has 0 radical (unpaired) electrons. The van der Waals surface area contributed by atoms with Crippen molar-refractivity contribution in [2.45, 2.75) is 0 Å². The normalized spacial score (nSPS) is 11.5. The lowest BCUT2D eigenvalue weighted by Crippen LogP contribution is -1.91. The van der Waals surface area contributed by atoms with Gasteiger partial charge in [-0.1, -0.05) is 127 Å². The minimum absolute atomic E-state index is 1.25. The molecule has 0 nitrogen and oxygen atoms in total. The number of hydrogen-bond donors (Lipinski definition) is 0. The summed E-state index contributed by atoms with van der Waals surface area (Å²) in [5.74, 6) is 0. The largest absolute Gasteiger partial charge is 0.0622 e. The fraction of sp³-hybridized carbons (Fsp3) is 0. The van der Waals surface area contributed by atoms with Gasteiger partial charge in [0.2, 0.25) is 0 Å². The highest BCUT2D eigenvalue weighted by Gasteiger charge is 2.16. The molecule has 0 heteroatoms. The number of hydrogen-bond acceptors (Lipinski definition) is 0. The molecule has 7 aromatic rings. The van der Waals surface area contributed by atoms with Gasteiger partial charge in [0.15, 0.2) is 0 Å². The van der Waals surface area contributed by atoms with Crippen LogP contribution < -0.4 is 0 Å². The molecule has 0 atom stereocenters. The van der Waals surface area contributed by atoms with Crippen molar-refractivity contribution in [3.63, 3.8) is 0 Å². The van der Waals surface area contributed by atoms with Crippen LogP contribution in [0.4, 0.5) is 0 Å². The molecule has 0 amide bonds. The zero-order valence-corrected chi connectivity index (χ0v) is 18.7. The molecule has 0 fully saturated rings. The van der Waals surface area contributed by atoms with Crippen LogP contribution in [0.25, 0.3) is 65.3 Å². The summed E-state index contributed by atoms with van der Waals surface area (Å²) < 4.78 is 0. The van der Waals surface area contributed by atoms with Gasteiger partial charge in [0.1, 0.15) is 0 Å². The predicted octanol–water partition coefficient (Wildman–Crippen LogP) is 9.63. The van der Waals surface area contributed by atoms with E-state index in [9.17, 15) is 0 Å². The Morgan fingerprint density at radius 3 is 1.65 bits per heavy atom. The number of benzene rings is 7. The molecule has 0 aliphatic heterocycles. The average Bonchev–Trinajstić information content (AvgIpc) is 2.92. The predicted molar refractivity (Wildman–Crippen MR) is 147 cm³/mol. The molecule has 0 aliphatic carbocycles. The number of fused-ring (bicyclic) bond motifs is 6. The van der Waals surface area contributed by atoms with E-state index < -0.39 is 0 Å². The highest BCUT2D eigenvalue weighted by atomic mass is 14.2. The zero-order valence-electron chi connectivity index (χ0n) is 18.7. The Kier molecular flexibility index (Phi) is 4.25. The summed E-state index contributed by atoms with van der Waals surface area (Å²) in [5.41, 5.74) is 5.10. The van der Waals surface area contributed by atoms with Crippen LogP contribution in [0.15, 0.2) is 133 Å². The van der Waals surface area contributed by atoms with Crippen molar-refractivity contribution in [3.05, 3.63) is 133 Å². The maximum absolute atomic E-state index is 2.37. The molecule has 7 aromatic carbocycles. The van der Waals surface area contributed by atoms with Crippen molar-refractivity contribution in [1.82, 2.24) is 0 Å². The van der Waals surface area contributed by atoms with Crippen LogP contribution in [0.5, 0.6) is 0 Å². The van der Waals surface area contributed by atoms with E-state index in [0.717, 1.165) is 0 Å². The van der Waals surface area contributed by atoms with E-state index in [2.05, 4.69) is 133 Å². The quantitative estimate of drug-likeness (QED) is 0.239. The minimum Gasteiger partial charge on any atom is -0.0622 e. The maximum atomic E-state index is 2.37. The van der Waals surface area contributed by atoms with Crippen molar-refractivity contribution in [1.29, 1.82) is 0 Å². The van der Waals surface area contributed by atoms with E-state index in [1.54, 1.807) is 0 Å². The SMILES string of the molecule is c1ccc(-c2c(-c3cc4ccccc4c4ccccc34)ccc3c2ccc2ccccc23)cc1. The first-order valence-corrected chi connectivity index (χ1v) is 11.8. The first-order valence-electron chi connectivity index (χ1n) is 11.8. The molecular formula is C34H22. The van der Waals surface area contributed by atoms with Crippen molar-refractivity contribution < 1.29 is 0 Å². The van der Waals surface area contributed by atoms with Gasteiger partial charge < -0.3 is 0 Å². The second-order valence-electron chi connectivity index (χ2n) is 8.93. The highest BCUT2D eigenvalue weighted by molar-refractivity contribution is 6.19. The van der Waals surface area contributed by atoms with Crippen LogP contribution in [0.3, 0.4) is 0 Å². The highest BCUT2D eigenvalue weighted by Crippen LogP contribution is 2.43. The Hall–Kier alpha value is -4.42. The second kappa shape index (κ2) is 7.57. The number of rotatable bonds is 2. The smallest absolute Gasteiger partial charge is 0.00264 e. The summed E-state index contributed by atoms with van der Waals surface area (Å²) in [6, 6.07) is 48.6. The molecule has 0 saturated heterocycles. The molecule has 7 rings (SSSR count). The Balaban J connectivity index is 1.66. The Morgan fingerprint density at radius 2 is 0.853 bits per heavy atom. The van der Waals surface area contributed by atoms with Crippen molar-refractivity contribution in [3.8, 4) is 22.3 Å². The van der Waals surface area contributed by atoms with Crippen LogP contribution in [-0.4, -0.2) is 0 Å². The van der Waals surface area contributed by atoms with Crippen molar-refractivity contribution >= 4 is 43.1 Å². The van der Waals surface area contributed by atoms with Gasteiger partial charge in [0.05, 0.1) is 0 Å². The van der Waals surface area contributed by atoms with Crippen molar-refractivity contribution in [2.75, 3.05) is 0 Å². The summed E-state index contributed by atoms with van der Waals surface area (Å²) in [4.78, 5) is 0. The topological polar surface area (TPSA) is 0 Å². The molecular weight excluding hydrogens is 408 g/mol. The lowest BCUT2D eigenvalue weighted by atomic mass is 9.85. The van der Waals surface area contributed by atoms with Gasteiger partial charge in [-0.15, -0.1) is 0 Å². The maximum Gasteiger partial charge on any atom is -0.00264 e. The molecule has 34 heavy (non-hydrogen) atoms. The van der Waals surface area contributed by atoms with Gasteiger partial charge in [0.25, 0.3) is 0 Å². The average molecular weight is 431 g/mol. The third-order valence-corrected chi connectivity index (χ3v) is 7.05. The summed E-state index contributed by atoms with van der Waals surface area (Å²) in [6.07, 6.45) is 0. The fourth-order valence-corrected chi connectivity index (χ4v) is 5.51. The second-order valence-corrected chi connectivity index (χ2v) is 8.93.